The van der Waals surface area contributed by atoms with Crippen LogP contribution >= 0.6 is 0 Å². The fraction of sp³-hybridized carbons (Fsp3) is 0.667. The lowest BCUT2D eigenvalue weighted by molar-refractivity contribution is 0.0605. The van der Waals surface area contributed by atoms with Crippen LogP contribution in [0.2, 0.25) is 0 Å². The first-order chi connectivity index (χ1) is 9.67. The van der Waals surface area contributed by atoms with E-state index in [1.807, 2.05) is 27.8 Å². The first kappa shape index (κ1) is 15.1. The smallest absolute Gasteiger partial charge is 0.270 e. The Bertz CT molecular complexity index is 444. The summed E-state index contributed by atoms with van der Waals surface area (Å²) in [6.45, 7) is 5.78. The molecule has 0 spiro atoms. The SMILES string of the molecule is COCCn1cccc1C(=O)N1CCC(C)C(CN)C1. The van der Waals surface area contributed by atoms with E-state index in [1.54, 1.807) is 7.11 Å². The van der Waals surface area contributed by atoms with Crippen molar-refractivity contribution in [2.75, 3.05) is 33.4 Å². The molecule has 1 aliphatic heterocycles. The van der Waals surface area contributed by atoms with Crippen LogP contribution in [0.1, 0.15) is 23.8 Å². The number of hydrogen-bond acceptors (Lipinski definition) is 3. The third-order valence-electron chi connectivity index (χ3n) is 4.29. The molecule has 1 amide bonds. The molecule has 1 aliphatic rings. The molecule has 0 aliphatic carbocycles. The highest BCUT2D eigenvalue weighted by atomic mass is 16.5. The van der Waals surface area contributed by atoms with Crippen LogP contribution in [0, 0.1) is 11.8 Å². The monoisotopic (exact) mass is 279 g/mol. The van der Waals surface area contributed by atoms with Crippen LogP contribution < -0.4 is 5.73 Å². The van der Waals surface area contributed by atoms with E-state index in [0.717, 1.165) is 25.2 Å². The first-order valence-corrected chi connectivity index (χ1v) is 7.30. The Hall–Kier alpha value is -1.33. The molecule has 5 heteroatoms. The van der Waals surface area contributed by atoms with Gasteiger partial charge in [-0.2, -0.15) is 0 Å². The van der Waals surface area contributed by atoms with Gasteiger partial charge in [-0.15, -0.1) is 0 Å². The van der Waals surface area contributed by atoms with Gasteiger partial charge in [-0.05, 0) is 36.9 Å². The lowest BCUT2D eigenvalue weighted by atomic mass is 9.87. The van der Waals surface area contributed by atoms with Crippen molar-refractivity contribution in [3.8, 4) is 0 Å². The van der Waals surface area contributed by atoms with Gasteiger partial charge in [0.1, 0.15) is 5.69 Å². The summed E-state index contributed by atoms with van der Waals surface area (Å²) in [4.78, 5) is 14.6. The number of aromatic nitrogens is 1. The van der Waals surface area contributed by atoms with Gasteiger partial charge >= 0.3 is 0 Å². The van der Waals surface area contributed by atoms with Crippen molar-refractivity contribution in [3.05, 3.63) is 24.0 Å². The molecule has 1 aromatic rings. The van der Waals surface area contributed by atoms with E-state index in [1.165, 1.54) is 0 Å². The number of ether oxygens (including phenoxy) is 1. The van der Waals surface area contributed by atoms with E-state index >= 15 is 0 Å². The molecule has 2 unspecified atom stereocenters. The molecule has 2 N–H and O–H groups in total. The first-order valence-electron chi connectivity index (χ1n) is 7.30. The highest BCUT2D eigenvalue weighted by Crippen LogP contribution is 2.23. The number of carbonyl (C=O) groups excluding carboxylic acids is 1. The quantitative estimate of drug-likeness (QED) is 0.881. The van der Waals surface area contributed by atoms with E-state index < -0.39 is 0 Å². The minimum atomic E-state index is 0.108. The third-order valence-corrected chi connectivity index (χ3v) is 4.29. The zero-order valence-electron chi connectivity index (χ0n) is 12.4. The van der Waals surface area contributed by atoms with E-state index in [-0.39, 0.29) is 5.91 Å². The van der Waals surface area contributed by atoms with Gasteiger partial charge in [0.15, 0.2) is 0 Å². The molecular weight excluding hydrogens is 254 g/mol. The Kier molecular flexibility index (Phi) is 5.20. The largest absolute Gasteiger partial charge is 0.383 e. The topological polar surface area (TPSA) is 60.5 Å². The van der Waals surface area contributed by atoms with Crippen molar-refractivity contribution >= 4 is 5.91 Å². The number of piperidine rings is 1. The second-order valence-corrected chi connectivity index (χ2v) is 5.59. The van der Waals surface area contributed by atoms with Gasteiger partial charge < -0.3 is 19.9 Å². The molecule has 2 heterocycles. The Morgan fingerprint density at radius 1 is 1.55 bits per heavy atom. The Morgan fingerprint density at radius 3 is 3.05 bits per heavy atom. The summed E-state index contributed by atoms with van der Waals surface area (Å²) < 4.78 is 7.04. The second kappa shape index (κ2) is 6.90. The molecule has 0 radical (unpaired) electrons. The summed E-state index contributed by atoms with van der Waals surface area (Å²) >= 11 is 0. The summed E-state index contributed by atoms with van der Waals surface area (Å²) in [7, 11) is 1.67. The van der Waals surface area contributed by atoms with Crippen LogP contribution in [-0.4, -0.2) is 48.7 Å². The van der Waals surface area contributed by atoms with Crippen molar-refractivity contribution in [1.82, 2.24) is 9.47 Å². The maximum absolute atomic E-state index is 12.6. The summed E-state index contributed by atoms with van der Waals surface area (Å²) in [6, 6.07) is 3.79. The molecule has 20 heavy (non-hydrogen) atoms. The third kappa shape index (κ3) is 3.22. The van der Waals surface area contributed by atoms with Crippen molar-refractivity contribution in [2.24, 2.45) is 17.6 Å². The van der Waals surface area contributed by atoms with Gasteiger partial charge in [0.25, 0.3) is 5.91 Å². The number of amides is 1. The van der Waals surface area contributed by atoms with Gasteiger partial charge in [0.2, 0.25) is 0 Å². The number of likely N-dealkylation sites (tertiary alicyclic amines) is 1. The van der Waals surface area contributed by atoms with E-state index in [4.69, 9.17) is 10.5 Å². The average molecular weight is 279 g/mol. The molecule has 5 nitrogen and oxygen atoms in total. The standard InChI is InChI=1S/C15H25N3O2/c1-12-5-7-18(11-13(12)10-16)15(19)14-4-3-6-17(14)8-9-20-2/h3-4,6,12-13H,5,7-11,16H2,1-2H3. The molecular formula is C15H25N3O2. The van der Waals surface area contributed by atoms with Crippen molar-refractivity contribution in [3.63, 3.8) is 0 Å². The van der Waals surface area contributed by atoms with E-state index in [0.29, 0.717) is 31.5 Å². The fourth-order valence-corrected chi connectivity index (χ4v) is 2.80. The summed E-state index contributed by atoms with van der Waals surface area (Å²) in [6.07, 6.45) is 2.96. The number of nitrogens with two attached hydrogens (primary N) is 1. The molecule has 0 aromatic carbocycles. The summed E-state index contributed by atoms with van der Waals surface area (Å²) in [5.74, 6) is 1.12. The lowest BCUT2D eigenvalue weighted by Crippen LogP contribution is -2.46. The van der Waals surface area contributed by atoms with Crippen LogP contribution in [-0.2, 0) is 11.3 Å². The highest BCUT2D eigenvalue weighted by Gasteiger charge is 2.29. The van der Waals surface area contributed by atoms with Crippen LogP contribution in [0.5, 0.6) is 0 Å². The molecule has 2 atom stereocenters. The molecule has 0 saturated carbocycles. The summed E-state index contributed by atoms with van der Waals surface area (Å²) in [5, 5.41) is 0. The Morgan fingerprint density at radius 2 is 2.35 bits per heavy atom. The van der Waals surface area contributed by atoms with Gasteiger partial charge in [-0.3, -0.25) is 4.79 Å². The number of nitrogens with zero attached hydrogens (tertiary/aromatic N) is 2. The van der Waals surface area contributed by atoms with Crippen molar-refractivity contribution in [1.29, 1.82) is 0 Å². The van der Waals surface area contributed by atoms with Crippen molar-refractivity contribution < 1.29 is 9.53 Å². The molecule has 1 saturated heterocycles. The van der Waals surface area contributed by atoms with Gasteiger partial charge in [-0.1, -0.05) is 6.92 Å². The minimum Gasteiger partial charge on any atom is -0.383 e. The number of methoxy groups -OCH3 is 1. The van der Waals surface area contributed by atoms with Gasteiger partial charge in [-0.25, -0.2) is 0 Å². The zero-order chi connectivity index (χ0) is 14.5. The molecule has 1 fully saturated rings. The second-order valence-electron chi connectivity index (χ2n) is 5.59. The molecule has 0 bridgehead atoms. The van der Waals surface area contributed by atoms with Crippen LogP contribution in [0.15, 0.2) is 18.3 Å². The maximum atomic E-state index is 12.6. The lowest BCUT2D eigenvalue weighted by Gasteiger charge is -2.36. The predicted octanol–water partition coefficient (Wildman–Crippen LogP) is 1.19. The van der Waals surface area contributed by atoms with Crippen LogP contribution in [0.3, 0.4) is 0 Å². The Labute approximate surface area is 120 Å². The van der Waals surface area contributed by atoms with E-state index in [2.05, 4.69) is 6.92 Å². The minimum absolute atomic E-state index is 0.108. The highest BCUT2D eigenvalue weighted by molar-refractivity contribution is 5.92. The normalized spacial score (nSPS) is 23.1. The molecule has 112 valence electrons. The van der Waals surface area contributed by atoms with Crippen molar-refractivity contribution in [2.45, 2.75) is 19.9 Å². The van der Waals surface area contributed by atoms with Gasteiger partial charge in [0, 0.05) is 32.9 Å². The maximum Gasteiger partial charge on any atom is 0.270 e. The van der Waals surface area contributed by atoms with E-state index in [9.17, 15) is 4.79 Å². The Balaban J connectivity index is 2.05. The number of hydrogen-bond donors (Lipinski definition) is 1. The van der Waals surface area contributed by atoms with Crippen LogP contribution in [0.4, 0.5) is 0 Å². The number of carbonyl (C=O) groups is 1. The number of rotatable bonds is 5. The molecule has 1 aromatic heterocycles. The predicted molar refractivity (Wildman–Crippen MR) is 78.5 cm³/mol. The fourth-order valence-electron chi connectivity index (χ4n) is 2.80. The van der Waals surface area contributed by atoms with Crippen LogP contribution in [0.25, 0.3) is 0 Å². The zero-order valence-corrected chi connectivity index (χ0v) is 12.4. The van der Waals surface area contributed by atoms with Gasteiger partial charge in [0.05, 0.1) is 6.61 Å². The summed E-state index contributed by atoms with van der Waals surface area (Å²) in [5.41, 5.74) is 6.55. The average Bonchev–Trinajstić information content (AvgIpc) is 2.93. The molecule has 2 rings (SSSR count).